The van der Waals surface area contributed by atoms with Crippen LogP contribution in [0.25, 0.3) is 10.9 Å². The van der Waals surface area contributed by atoms with E-state index in [1.54, 1.807) is 0 Å². The van der Waals surface area contributed by atoms with Crippen LogP contribution in [-0.2, 0) is 0 Å². The number of fused-ring (bicyclic) bond motifs is 1. The van der Waals surface area contributed by atoms with Gasteiger partial charge in [-0.3, -0.25) is 4.98 Å². The van der Waals surface area contributed by atoms with Gasteiger partial charge in [0.25, 0.3) is 0 Å². The van der Waals surface area contributed by atoms with E-state index in [1.165, 1.54) is 16.5 Å². The Morgan fingerprint density at radius 3 is 2.71 bits per heavy atom. The smallest absolute Gasteiger partial charge is 0.0704 e. The van der Waals surface area contributed by atoms with Crippen LogP contribution in [0.2, 0.25) is 0 Å². The molecular formula is C13H15N. The van der Waals surface area contributed by atoms with Gasteiger partial charge in [-0.2, -0.15) is 0 Å². The highest BCUT2D eigenvalue weighted by Crippen LogP contribution is 2.21. The number of nitrogens with zero attached hydrogens (tertiary/aromatic N) is 1. The van der Waals surface area contributed by atoms with E-state index in [4.69, 9.17) is 0 Å². The van der Waals surface area contributed by atoms with Gasteiger partial charge >= 0.3 is 0 Å². The molecule has 1 aromatic heterocycles. The molecule has 0 fully saturated rings. The average Bonchev–Trinajstić information content (AvgIpc) is 2.18. The largest absolute Gasteiger partial charge is 0.256 e. The Morgan fingerprint density at radius 1 is 1.21 bits per heavy atom. The van der Waals surface area contributed by atoms with Crippen molar-refractivity contribution in [3.63, 3.8) is 0 Å². The highest BCUT2D eigenvalue weighted by atomic mass is 14.6. The maximum atomic E-state index is 4.46. The summed E-state index contributed by atoms with van der Waals surface area (Å²) < 4.78 is 0. The Kier molecular flexibility index (Phi) is 2.24. The minimum absolute atomic E-state index is 0.548. The predicted octanol–water partition coefficient (Wildman–Crippen LogP) is 3.67. The molecule has 0 unspecified atom stereocenters. The van der Waals surface area contributed by atoms with Crippen molar-refractivity contribution in [1.29, 1.82) is 0 Å². The summed E-state index contributed by atoms with van der Waals surface area (Å²) in [6, 6.07) is 8.50. The Morgan fingerprint density at radius 2 is 2.00 bits per heavy atom. The van der Waals surface area contributed by atoms with Gasteiger partial charge < -0.3 is 0 Å². The van der Waals surface area contributed by atoms with Gasteiger partial charge in [0.2, 0.25) is 0 Å². The van der Waals surface area contributed by atoms with Gasteiger partial charge in [-0.25, -0.2) is 0 Å². The third-order valence-electron chi connectivity index (χ3n) is 2.63. The van der Waals surface area contributed by atoms with Crippen molar-refractivity contribution in [2.75, 3.05) is 0 Å². The molecule has 1 aromatic carbocycles. The summed E-state index contributed by atoms with van der Waals surface area (Å²) in [5.41, 5.74) is 3.71. The van der Waals surface area contributed by atoms with Gasteiger partial charge in [0.05, 0.1) is 5.52 Å². The molecule has 72 valence electrons. The molecule has 1 nitrogen and oxygen atoms in total. The zero-order chi connectivity index (χ0) is 10.1. The van der Waals surface area contributed by atoms with Crippen LogP contribution in [0.1, 0.15) is 30.9 Å². The normalized spacial score (nSPS) is 11.1. The van der Waals surface area contributed by atoms with Crippen molar-refractivity contribution >= 4 is 10.9 Å². The molecule has 0 saturated carbocycles. The second-order valence-electron chi connectivity index (χ2n) is 4.06. The van der Waals surface area contributed by atoms with Crippen LogP contribution in [0, 0.1) is 6.92 Å². The fraction of sp³-hybridized carbons (Fsp3) is 0.308. The third-order valence-corrected chi connectivity index (χ3v) is 2.63. The first kappa shape index (κ1) is 9.20. The van der Waals surface area contributed by atoms with Gasteiger partial charge in [-0.15, -0.1) is 0 Å². The van der Waals surface area contributed by atoms with Crippen LogP contribution in [0.3, 0.4) is 0 Å². The van der Waals surface area contributed by atoms with Crippen LogP contribution in [-0.4, -0.2) is 4.98 Å². The van der Waals surface area contributed by atoms with E-state index < -0.39 is 0 Å². The molecular weight excluding hydrogens is 170 g/mol. The predicted molar refractivity (Wildman–Crippen MR) is 60.6 cm³/mol. The van der Waals surface area contributed by atoms with Crippen molar-refractivity contribution in [3.05, 3.63) is 41.6 Å². The lowest BCUT2D eigenvalue weighted by Gasteiger charge is -2.07. The molecule has 1 heteroatoms. The van der Waals surface area contributed by atoms with Crippen LogP contribution in [0.4, 0.5) is 0 Å². The summed E-state index contributed by atoms with van der Waals surface area (Å²) in [5, 5.41) is 1.28. The van der Waals surface area contributed by atoms with E-state index >= 15 is 0 Å². The summed E-state index contributed by atoms with van der Waals surface area (Å²) in [6.45, 7) is 6.52. The Balaban J connectivity index is 2.70. The quantitative estimate of drug-likeness (QED) is 0.660. The highest BCUT2D eigenvalue weighted by Gasteiger charge is 2.02. The van der Waals surface area contributed by atoms with E-state index in [0.717, 1.165) is 5.52 Å². The van der Waals surface area contributed by atoms with Gasteiger partial charge in [0.15, 0.2) is 0 Å². The molecule has 2 aromatic rings. The monoisotopic (exact) mass is 185 g/mol. The number of aryl methyl sites for hydroxylation is 1. The number of aromatic nitrogens is 1. The third kappa shape index (κ3) is 1.50. The molecule has 0 bridgehead atoms. The number of hydrogen-bond acceptors (Lipinski definition) is 1. The number of pyridine rings is 1. The Labute approximate surface area is 84.8 Å². The van der Waals surface area contributed by atoms with Crippen LogP contribution >= 0.6 is 0 Å². The van der Waals surface area contributed by atoms with Crippen molar-refractivity contribution in [2.24, 2.45) is 0 Å². The van der Waals surface area contributed by atoms with Crippen molar-refractivity contribution in [2.45, 2.75) is 26.7 Å². The standard InChI is InChI=1S/C13H15N/c1-9(2)11-7-12-10(3)5-4-6-13(12)14-8-11/h4-9H,1-3H3. The molecule has 0 N–H and O–H groups in total. The molecule has 0 amide bonds. The fourth-order valence-corrected chi connectivity index (χ4v) is 1.63. The van der Waals surface area contributed by atoms with Gasteiger partial charge in [0, 0.05) is 11.6 Å². The first-order chi connectivity index (χ1) is 6.68. The molecule has 0 aliphatic heterocycles. The molecule has 0 saturated heterocycles. The van der Waals surface area contributed by atoms with Crippen molar-refractivity contribution in [3.8, 4) is 0 Å². The number of hydrogen-bond donors (Lipinski definition) is 0. The van der Waals surface area contributed by atoms with Crippen molar-refractivity contribution < 1.29 is 0 Å². The van der Waals surface area contributed by atoms with E-state index in [2.05, 4.69) is 50.0 Å². The van der Waals surface area contributed by atoms with E-state index in [0.29, 0.717) is 5.92 Å². The van der Waals surface area contributed by atoms with Crippen LogP contribution in [0.15, 0.2) is 30.5 Å². The Bertz CT molecular complexity index is 458. The molecule has 14 heavy (non-hydrogen) atoms. The van der Waals surface area contributed by atoms with Crippen molar-refractivity contribution in [1.82, 2.24) is 4.98 Å². The maximum Gasteiger partial charge on any atom is 0.0704 e. The van der Waals surface area contributed by atoms with Crippen LogP contribution < -0.4 is 0 Å². The molecule has 2 rings (SSSR count). The summed E-state index contributed by atoms with van der Waals surface area (Å²) in [7, 11) is 0. The number of benzene rings is 1. The zero-order valence-electron chi connectivity index (χ0n) is 8.91. The molecule has 1 heterocycles. The minimum Gasteiger partial charge on any atom is -0.256 e. The average molecular weight is 185 g/mol. The lowest BCUT2D eigenvalue weighted by Crippen LogP contribution is -1.90. The molecule has 0 spiro atoms. The zero-order valence-corrected chi connectivity index (χ0v) is 8.91. The first-order valence-electron chi connectivity index (χ1n) is 5.04. The Hall–Kier alpha value is -1.37. The second kappa shape index (κ2) is 3.41. The highest BCUT2D eigenvalue weighted by molar-refractivity contribution is 5.82. The summed E-state index contributed by atoms with van der Waals surface area (Å²) >= 11 is 0. The topological polar surface area (TPSA) is 12.9 Å². The lowest BCUT2D eigenvalue weighted by molar-refractivity contribution is 0.862. The lowest BCUT2D eigenvalue weighted by atomic mass is 10.0. The second-order valence-corrected chi connectivity index (χ2v) is 4.06. The first-order valence-corrected chi connectivity index (χ1v) is 5.04. The molecule has 0 radical (unpaired) electrons. The summed E-state index contributed by atoms with van der Waals surface area (Å²) in [4.78, 5) is 4.46. The summed E-state index contributed by atoms with van der Waals surface area (Å²) in [5.74, 6) is 0.548. The number of rotatable bonds is 1. The van der Waals surface area contributed by atoms with Gasteiger partial charge in [-0.1, -0.05) is 26.0 Å². The van der Waals surface area contributed by atoms with E-state index in [9.17, 15) is 0 Å². The summed E-state index contributed by atoms with van der Waals surface area (Å²) in [6.07, 6.45) is 1.98. The SMILES string of the molecule is Cc1cccc2ncc(C(C)C)cc12. The molecule has 0 aliphatic carbocycles. The van der Waals surface area contributed by atoms with E-state index in [-0.39, 0.29) is 0 Å². The molecule has 0 aliphatic rings. The van der Waals surface area contributed by atoms with Crippen LogP contribution in [0.5, 0.6) is 0 Å². The van der Waals surface area contributed by atoms with Gasteiger partial charge in [0.1, 0.15) is 0 Å². The maximum absolute atomic E-state index is 4.46. The van der Waals surface area contributed by atoms with Gasteiger partial charge in [-0.05, 0) is 36.1 Å². The molecule has 0 atom stereocenters. The van der Waals surface area contributed by atoms with E-state index in [1.807, 2.05) is 6.20 Å². The fourth-order valence-electron chi connectivity index (χ4n) is 1.63. The minimum atomic E-state index is 0.548.